The van der Waals surface area contributed by atoms with Crippen molar-refractivity contribution < 1.29 is 4.79 Å². The number of nitrogens with zero attached hydrogens (tertiary/aromatic N) is 6. The molecule has 3 atom stereocenters. The molecule has 2 heterocycles. The van der Waals surface area contributed by atoms with Gasteiger partial charge in [-0.15, -0.1) is 0 Å². The molecule has 0 aromatic carbocycles. The van der Waals surface area contributed by atoms with Gasteiger partial charge < -0.3 is 10.2 Å². The minimum Gasteiger partial charge on any atom is -0.356 e. The zero-order valence-electron chi connectivity index (χ0n) is 19.3. The molecule has 3 rings (SSSR count). The zero-order chi connectivity index (χ0) is 23.8. The van der Waals surface area contributed by atoms with Gasteiger partial charge in [-0.3, -0.25) is 14.9 Å². The summed E-state index contributed by atoms with van der Waals surface area (Å²) in [6.45, 7) is 11.7. The smallest absolute Gasteiger partial charge is 0.207 e. The fourth-order valence-corrected chi connectivity index (χ4v) is 4.75. The van der Waals surface area contributed by atoms with Gasteiger partial charge in [-0.1, -0.05) is 25.3 Å². The highest BCUT2D eigenvalue weighted by Crippen LogP contribution is 2.44. The lowest BCUT2D eigenvalue weighted by Gasteiger charge is -2.30. The fraction of sp³-hybridized carbons (Fsp3) is 0.417. The van der Waals surface area contributed by atoms with E-state index in [2.05, 4.69) is 52.0 Å². The molecule has 0 radical (unpaired) electrons. The summed E-state index contributed by atoms with van der Waals surface area (Å²) in [5.74, 6) is 1.87. The minimum atomic E-state index is -0.127. The lowest BCUT2D eigenvalue weighted by atomic mass is 9.98. The Balaban J connectivity index is 1.78. The number of likely N-dealkylation sites (tertiary alicyclic amines) is 1. The van der Waals surface area contributed by atoms with Crippen molar-refractivity contribution in [1.29, 1.82) is 5.26 Å². The normalized spacial score (nSPS) is 24.9. The molecule has 9 nitrogen and oxygen atoms in total. The molecule has 1 aliphatic carbocycles. The number of hydrogen-bond donors (Lipinski definition) is 2. The van der Waals surface area contributed by atoms with Crippen molar-refractivity contribution in [1.82, 2.24) is 30.5 Å². The Morgan fingerprint density at radius 3 is 2.70 bits per heavy atom. The third kappa shape index (κ3) is 5.92. The highest BCUT2D eigenvalue weighted by atomic mass is 16.1. The number of aromatic nitrogens is 2. The lowest BCUT2D eigenvalue weighted by Crippen LogP contribution is -2.42. The molecule has 9 heteroatoms. The van der Waals surface area contributed by atoms with Crippen LogP contribution in [0.25, 0.3) is 5.57 Å². The number of nitriles is 1. The molecule has 1 aliphatic heterocycles. The van der Waals surface area contributed by atoms with E-state index in [1.54, 1.807) is 34.4 Å². The number of hydrazone groups is 1. The summed E-state index contributed by atoms with van der Waals surface area (Å²) in [5.41, 5.74) is 4.96. The Bertz CT molecular complexity index is 984. The Morgan fingerprint density at radius 2 is 2.15 bits per heavy atom. The Hall–Kier alpha value is -3.80. The van der Waals surface area contributed by atoms with Gasteiger partial charge in [0, 0.05) is 49.2 Å². The average molecular weight is 449 g/mol. The Morgan fingerprint density at radius 1 is 1.42 bits per heavy atom. The maximum Gasteiger partial charge on any atom is 0.207 e. The first kappa shape index (κ1) is 23.9. The predicted octanol–water partition coefficient (Wildman–Crippen LogP) is 2.53. The molecule has 0 unspecified atom stereocenters. The predicted molar refractivity (Wildman–Crippen MR) is 129 cm³/mol. The summed E-state index contributed by atoms with van der Waals surface area (Å²) in [7, 11) is 1.86. The number of carbonyl (C=O) groups is 1. The van der Waals surface area contributed by atoms with Crippen molar-refractivity contribution in [2.24, 2.45) is 24.0 Å². The van der Waals surface area contributed by atoms with Crippen molar-refractivity contribution in [2.45, 2.75) is 31.7 Å². The third-order valence-corrected chi connectivity index (χ3v) is 6.16. The largest absolute Gasteiger partial charge is 0.356 e. The van der Waals surface area contributed by atoms with Gasteiger partial charge in [0.05, 0.1) is 24.9 Å². The van der Waals surface area contributed by atoms with Crippen LogP contribution in [0.5, 0.6) is 0 Å². The van der Waals surface area contributed by atoms with Crippen LogP contribution in [0.1, 0.15) is 31.7 Å². The van der Waals surface area contributed by atoms with Crippen LogP contribution in [0.15, 0.2) is 60.9 Å². The number of nitrogens with one attached hydrogen (secondary N) is 2. The first-order valence-corrected chi connectivity index (χ1v) is 11.0. The Labute approximate surface area is 195 Å². The van der Waals surface area contributed by atoms with E-state index in [1.165, 1.54) is 0 Å². The summed E-state index contributed by atoms with van der Waals surface area (Å²) < 4.78 is 1.72. The van der Waals surface area contributed by atoms with Crippen LogP contribution in [-0.4, -0.2) is 51.1 Å². The number of rotatable bonds is 11. The molecular formula is C24H32N8O. The molecule has 2 aliphatic rings. The van der Waals surface area contributed by atoms with Crippen molar-refractivity contribution >= 4 is 18.2 Å². The molecule has 174 valence electrons. The molecule has 2 fully saturated rings. The quantitative estimate of drug-likeness (QED) is 0.233. The lowest BCUT2D eigenvalue weighted by molar-refractivity contribution is -0.111. The second-order valence-corrected chi connectivity index (χ2v) is 8.75. The van der Waals surface area contributed by atoms with Gasteiger partial charge in [-0.25, -0.2) is 0 Å². The van der Waals surface area contributed by atoms with Crippen LogP contribution in [0.2, 0.25) is 0 Å². The van der Waals surface area contributed by atoms with E-state index in [0.29, 0.717) is 11.8 Å². The van der Waals surface area contributed by atoms with E-state index in [1.807, 2.05) is 25.5 Å². The van der Waals surface area contributed by atoms with E-state index in [0.717, 1.165) is 49.3 Å². The number of amides is 1. The minimum absolute atomic E-state index is 0.127. The standard InChI is InChI=1S/C24H32N8O/c1-5-8-23(31-15-20-11-24(3,26-18-33)12-21(20)16-31)29-32(27-10-7-9-25)17-19(6-2)22-13-28-30(4)14-22/h5-6,8,10,13-14,17-18,20-21,29H,1-2,7,11-12,15-16H2,3-4H3,(H,26,33)/b19-17+,23-8+,27-10-/t20-,21+,24+. The van der Waals surface area contributed by atoms with Gasteiger partial charge in [-0.05, 0) is 37.7 Å². The maximum atomic E-state index is 11.0. The van der Waals surface area contributed by atoms with E-state index < -0.39 is 0 Å². The highest BCUT2D eigenvalue weighted by molar-refractivity contribution is 5.72. The van der Waals surface area contributed by atoms with Crippen LogP contribution in [0.3, 0.4) is 0 Å². The number of hydrogen-bond acceptors (Lipinski definition) is 7. The molecular weight excluding hydrogens is 416 g/mol. The maximum absolute atomic E-state index is 11.0. The second kappa shape index (κ2) is 10.7. The SMILES string of the molecule is C=C/C=C(\NN(/C=C(\C=C)c1cnn(C)c1)/N=C\CC#N)N1C[C@@H]2C[C@@](C)(NC=O)C[C@@H]2C1. The molecule has 1 amide bonds. The fourth-order valence-electron chi connectivity index (χ4n) is 4.75. The van der Waals surface area contributed by atoms with Crippen LogP contribution >= 0.6 is 0 Å². The van der Waals surface area contributed by atoms with Crippen LogP contribution in [0, 0.1) is 23.2 Å². The van der Waals surface area contributed by atoms with Gasteiger partial charge in [-0.2, -0.15) is 20.6 Å². The number of fused-ring (bicyclic) bond motifs is 1. The van der Waals surface area contributed by atoms with Gasteiger partial charge in [0.25, 0.3) is 0 Å². The molecule has 0 bridgehead atoms. The first-order chi connectivity index (χ1) is 15.9. The third-order valence-electron chi connectivity index (χ3n) is 6.16. The molecule has 33 heavy (non-hydrogen) atoms. The number of aryl methyl sites for hydroxylation is 1. The van der Waals surface area contributed by atoms with Gasteiger partial charge in [0.1, 0.15) is 5.82 Å². The van der Waals surface area contributed by atoms with Crippen molar-refractivity contribution in [3.63, 3.8) is 0 Å². The monoisotopic (exact) mass is 448 g/mol. The van der Waals surface area contributed by atoms with E-state index in [-0.39, 0.29) is 12.0 Å². The second-order valence-electron chi connectivity index (χ2n) is 8.75. The van der Waals surface area contributed by atoms with Crippen molar-refractivity contribution in [3.05, 3.63) is 61.4 Å². The molecule has 1 saturated carbocycles. The molecule has 2 N–H and O–H groups in total. The summed E-state index contributed by atoms with van der Waals surface area (Å²) in [6, 6.07) is 2.07. The summed E-state index contributed by atoms with van der Waals surface area (Å²) in [4.78, 5) is 13.3. The molecule has 1 aromatic heterocycles. The molecule has 1 saturated heterocycles. The van der Waals surface area contributed by atoms with Gasteiger partial charge >= 0.3 is 0 Å². The van der Waals surface area contributed by atoms with E-state index in [4.69, 9.17) is 5.26 Å². The molecule has 1 aromatic rings. The summed E-state index contributed by atoms with van der Waals surface area (Å²) in [6.07, 6.45) is 15.3. The van der Waals surface area contributed by atoms with E-state index >= 15 is 0 Å². The topological polar surface area (TPSA) is 102 Å². The Kier molecular flexibility index (Phi) is 7.72. The van der Waals surface area contributed by atoms with Crippen LogP contribution < -0.4 is 10.7 Å². The summed E-state index contributed by atoms with van der Waals surface area (Å²) >= 11 is 0. The van der Waals surface area contributed by atoms with Crippen molar-refractivity contribution in [3.8, 4) is 6.07 Å². The molecule has 0 spiro atoms. The number of hydrazine groups is 1. The van der Waals surface area contributed by atoms with Gasteiger partial charge in [0.2, 0.25) is 6.41 Å². The zero-order valence-corrected chi connectivity index (χ0v) is 19.3. The van der Waals surface area contributed by atoms with E-state index in [9.17, 15) is 4.79 Å². The van der Waals surface area contributed by atoms with Gasteiger partial charge in [0.15, 0.2) is 0 Å². The van der Waals surface area contributed by atoms with Crippen molar-refractivity contribution in [2.75, 3.05) is 13.1 Å². The first-order valence-electron chi connectivity index (χ1n) is 11.0. The van der Waals surface area contributed by atoms with Crippen LogP contribution in [-0.2, 0) is 11.8 Å². The van der Waals surface area contributed by atoms with Crippen LogP contribution in [0.4, 0.5) is 0 Å². The average Bonchev–Trinajstić information content (AvgIpc) is 3.44. The summed E-state index contributed by atoms with van der Waals surface area (Å²) in [5, 5.41) is 22.2. The number of allylic oxidation sites excluding steroid dienone is 4. The highest BCUT2D eigenvalue weighted by Gasteiger charge is 2.47. The number of carbonyl (C=O) groups excluding carboxylic acids is 1.